The van der Waals surface area contributed by atoms with Gasteiger partial charge in [-0.15, -0.1) is 11.3 Å². The average Bonchev–Trinajstić information content (AvgIpc) is 3.28. The topological polar surface area (TPSA) is 84.5 Å². The molecule has 2 N–H and O–H groups in total. The molecule has 1 saturated carbocycles. The Kier molecular flexibility index (Phi) is 6.24. The predicted octanol–water partition coefficient (Wildman–Crippen LogP) is 4.32. The fourth-order valence-corrected chi connectivity index (χ4v) is 4.67. The Bertz CT molecular complexity index is 969. The van der Waals surface area contributed by atoms with Gasteiger partial charge in [0.05, 0.1) is 27.6 Å². The number of methoxy groups -OCH3 is 1. The van der Waals surface area contributed by atoms with E-state index in [4.69, 9.17) is 16.3 Å². The Labute approximate surface area is 176 Å². The number of ether oxygens (including phenoxy) is 1. The highest BCUT2D eigenvalue weighted by molar-refractivity contribution is 7.18. The van der Waals surface area contributed by atoms with Crippen LogP contribution < -0.4 is 10.6 Å². The molecule has 154 valence electrons. The molecule has 9 heteroatoms. The lowest BCUT2D eigenvalue weighted by atomic mass is 9.97. The molecule has 1 fully saturated rings. The first-order valence-electron chi connectivity index (χ1n) is 9.03. The van der Waals surface area contributed by atoms with Crippen molar-refractivity contribution in [1.29, 1.82) is 0 Å². The number of hydrogen-bond donors (Lipinski definition) is 2. The zero-order chi connectivity index (χ0) is 21.2. The monoisotopic (exact) mass is 438 g/mol. The molecule has 0 atom stereocenters. The van der Waals surface area contributed by atoms with E-state index in [-0.39, 0.29) is 16.5 Å². The third-order valence-electron chi connectivity index (χ3n) is 4.92. The molecule has 0 aliphatic heterocycles. The van der Waals surface area contributed by atoms with E-state index in [1.165, 1.54) is 13.2 Å². The molecule has 29 heavy (non-hydrogen) atoms. The number of carbonyl (C=O) groups excluding carboxylic acids is 3. The predicted molar refractivity (Wildman–Crippen MR) is 109 cm³/mol. The molecule has 1 aliphatic rings. The summed E-state index contributed by atoms with van der Waals surface area (Å²) in [5.41, 5.74) is -0.223. The highest BCUT2D eigenvalue weighted by Gasteiger charge is 2.44. The number of hydrogen-bond acceptors (Lipinski definition) is 5. The Balaban J connectivity index is 1.76. The van der Waals surface area contributed by atoms with Crippen LogP contribution in [-0.2, 0) is 9.53 Å². The van der Waals surface area contributed by atoms with Crippen LogP contribution in [0.3, 0.4) is 0 Å². The molecule has 0 spiro atoms. The van der Waals surface area contributed by atoms with Crippen molar-refractivity contribution >= 4 is 45.7 Å². The van der Waals surface area contributed by atoms with E-state index in [2.05, 4.69) is 10.6 Å². The smallest absolute Gasteiger partial charge is 0.331 e. The lowest BCUT2D eigenvalue weighted by Gasteiger charge is -2.27. The Hall–Kier alpha value is -2.45. The molecule has 0 bridgehead atoms. The summed E-state index contributed by atoms with van der Waals surface area (Å²) in [5, 5.41) is 5.94. The largest absolute Gasteiger partial charge is 0.467 e. The van der Waals surface area contributed by atoms with Gasteiger partial charge in [-0.3, -0.25) is 9.59 Å². The third-order valence-corrected chi connectivity index (χ3v) is 6.39. The molecule has 6 nitrogen and oxygen atoms in total. The number of benzene rings is 1. The second-order valence-electron chi connectivity index (χ2n) is 6.94. The van der Waals surface area contributed by atoms with Crippen molar-refractivity contribution < 1.29 is 23.5 Å². The van der Waals surface area contributed by atoms with Crippen LogP contribution in [0.2, 0.25) is 5.02 Å². The average molecular weight is 439 g/mol. The number of thiophene rings is 1. The van der Waals surface area contributed by atoms with Gasteiger partial charge in [-0.1, -0.05) is 24.4 Å². The maximum Gasteiger partial charge on any atom is 0.331 e. The number of amides is 2. The number of halogens is 2. The number of esters is 1. The van der Waals surface area contributed by atoms with Gasteiger partial charge < -0.3 is 15.4 Å². The van der Waals surface area contributed by atoms with Gasteiger partial charge in [0.2, 0.25) is 0 Å². The molecule has 1 aromatic carbocycles. The van der Waals surface area contributed by atoms with E-state index in [0.717, 1.165) is 36.3 Å². The number of anilines is 1. The lowest BCUT2D eigenvalue weighted by Crippen LogP contribution is -2.53. The zero-order valence-corrected chi connectivity index (χ0v) is 17.5. The molecule has 0 saturated heterocycles. The quantitative estimate of drug-likeness (QED) is 0.681. The van der Waals surface area contributed by atoms with Crippen LogP contribution in [0.25, 0.3) is 0 Å². The van der Waals surface area contributed by atoms with Crippen LogP contribution in [0.5, 0.6) is 0 Å². The highest BCUT2D eigenvalue weighted by atomic mass is 35.5. The molecule has 0 unspecified atom stereocenters. The summed E-state index contributed by atoms with van der Waals surface area (Å²) in [4.78, 5) is 37.9. The van der Waals surface area contributed by atoms with E-state index in [0.29, 0.717) is 28.3 Å². The van der Waals surface area contributed by atoms with Crippen LogP contribution >= 0.6 is 22.9 Å². The molecule has 1 heterocycles. The second kappa shape index (κ2) is 8.51. The molecule has 1 aliphatic carbocycles. The summed E-state index contributed by atoms with van der Waals surface area (Å²) in [5.74, 6) is -1.88. The van der Waals surface area contributed by atoms with Gasteiger partial charge in [0.1, 0.15) is 11.4 Å². The van der Waals surface area contributed by atoms with E-state index in [1.54, 1.807) is 13.0 Å². The summed E-state index contributed by atoms with van der Waals surface area (Å²) < 4.78 is 18.1. The molecule has 3 rings (SSSR count). The first-order chi connectivity index (χ1) is 13.8. The van der Waals surface area contributed by atoms with Crippen molar-refractivity contribution in [1.82, 2.24) is 5.32 Å². The highest BCUT2D eigenvalue weighted by Crippen LogP contribution is 2.33. The van der Waals surface area contributed by atoms with Gasteiger partial charge in [-0.05, 0) is 49.6 Å². The van der Waals surface area contributed by atoms with Crippen molar-refractivity contribution in [3.8, 4) is 0 Å². The summed E-state index contributed by atoms with van der Waals surface area (Å²) in [6.45, 7) is 1.74. The lowest BCUT2D eigenvalue weighted by molar-refractivity contribution is -0.148. The van der Waals surface area contributed by atoms with Crippen LogP contribution in [0.15, 0.2) is 24.3 Å². The molecule has 1 aromatic heterocycles. The van der Waals surface area contributed by atoms with Crippen LogP contribution in [-0.4, -0.2) is 30.4 Å². The number of rotatable bonds is 5. The SMILES string of the molecule is COC(=O)C1(NC(=O)c2sc(NC(=O)c3ccc(F)cc3Cl)cc2C)CCCC1. The Morgan fingerprint density at radius 2 is 1.86 bits per heavy atom. The van der Waals surface area contributed by atoms with Crippen molar-refractivity contribution in [3.05, 3.63) is 51.1 Å². The van der Waals surface area contributed by atoms with Gasteiger partial charge in [0.15, 0.2) is 0 Å². The second-order valence-corrected chi connectivity index (χ2v) is 8.40. The van der Waals surface area contributed by atoms with E-state index >= 15 is 0 Å². The van der Waals surface area contributed by atoms with Crippen LogP contribution in [0, 0.1) is 12.7 Å². The summed E-state index contributed by atoms with van der Waals surface area (Å²) in [6.07, 6.45) is 2.72. The standard InChI is InChI=1S/C20H20ClFN2O4S/c1-11-9-15(23-17(25)13-6-5-12(22)10-14(13)21)29-16(11)18(26)24-20(19(27)28-2)7-3-4-8-20/h5-6,9-10H,3-4,7-8H2,1-2H3,(H,23,25)(H,24,26). The molecular weight excluding hydrogens is 419 g/mol. The van der Waals surface area contributed by atoms with Crippen LogP contribution in [0.1, 0.15) is 51.3 Å². The zero-order valence-electron chi connectivity index (χ0n) is 15.9. The van der Waals surface area contributed by atoms with Crippen molar-refractivity contribution in [2.75, 3.05) is 12.4 Å². The van der Waals surface area contributed by atoms with Crippen molar-refractivity contribution in [2.24, 2.45) is 0 Å². The Morgan fingerprint density at radius 1 is 1.17 bits per heavy atom. The number of nitrogens with one attached hydrogen (secondary N) is 2. The minimum Gasteiger partial charge on any atom is -0.467 e. The van der Waals surface area contributed by atoms with Crippen molar-refractivity contribution in [2.45, 2.75) is 38.1 Å². The molecular formula is C20H20ClFN2O4S. The van der Waals surface area contributed by atoms with Gasteiger partial charge in [-0.25, -0.2) is 9.18 Å². The number of carbonyl (C=O) groups is 3. The minimum absolute atomic E-state index is 0.00463. The normalized spacial score (nSPS) is 15.0. The van der Waals surface area contributed by atoms with Gasteiger partial charge in [0, 0.05) is 0 Å². The summed E-state index contributed by atoms with van der Waals surface area (Å²) in [7, 11) is 1.30. The van der Waals surface area contributed by atoms with E-state index in [1.807, 2.05) is 0 Å². The fraction of sp³-hybridized carbons (Fsp3) is 0.350. The van der Waals surface area contributed by atoms with Crippen molar-refractivity contribution in [3.63, 3.8) is 0 Å². The van der Waals surface area contributed by atoms with Gasteiger partial charge in [0.25, 0.3) is 11.8 Å². The van der Waals surface area contributed by atoms with E-state index in [9.17, 15) is 18.8 Å². The maximum atomic E-state index is 13.2. The van der Waals surface area contributed by atoms with Crippen LogP contribution in [0.4, 0.5) is 9.39 Å². The first-order valence-corrected chi connectivity index (χ1v) is 10.2. The third kappa shape index (κ3) is 4.43. The number of aryl methyl sites for hydroxylation is 1. The minimum atomic E-state index is -1.01. The molecule has 0 radical (unpaired) electrons. The summed E-state index contributed by atoms with van der Waals surface area (Å²) >= 11 is 7.01. The maximum absolute atomic E-state index is 13.2. The molecule has 2 amide bonds. The summed E-state index contributed by atoms with van der Waals surface area (Å²) in [6, 6.07) is 5.16. The first kappa shape index (κ1) is 21.3. The molecule has 2 aromatic rings. The van der Waals surface area contributed by atoms with E-state index < -0.39 is 23.2 Å². The van der Waals surface area contributed by atoms with Gasteiger partial charge in [-0.2, -0.15) is 0 Å². The Morgan fingerprint density at radius 3 is 2.48 bits per heavy atom. The van der Waals surface area contributed by atoms with Gasteiger partial charge >= 0.3 is 5.97 Å². The fourth-order valence-electron chi connectivity index (χ4n) is 3.45.